The predicted molar refractivity (Wildman–Crippen MR) is 114 cm³/mol. The molecule has 0 saturated heterocycles. The third-order valence-electron chi connectivity index (χ3n) is 4.92. The van der Waals surface area contributed by atoms with Crippen molar-refractivity contribution in [1.29, 1.82) is 0 Å². The third-order valence-corrected chi connectivity index (χ3v) is 4.92. The molecule has 0 unspecified atom stereocenters. The molecule has 6 nitrogen and oxygen atoms in total. The second-order valence-electron chi connectivity index (χ2n) is 8.06. The van der Waals surface area contributed by atoms with Crippen molar-refractivity contribution in [2.75, 3.05) is 7.11 Å². The molecule has 6 heteroatoms. The van der Waals surface area contributed by atoms with Crippen molar-refractivity contribution in [3.8, 4) is 5.75 Å². The van der Waals surface area contributed by atoms with Crippen LogP contribution in [0.25, 0.3) is 16.4 Å². The van der Waals surface area contributed by atoms with E-state index in [2.05, 4.69) is 36.6 Å². The number of rotatable bonds is 6. The van der Waals surface area contributed by atoms with Crippen molar-refractivity contribution in [2.45, 2.75) is 39.3 Å². The molecule has 0 aliphatic carbocycles. The first kappa shape index (κ1) is 20.4. The summed E-state index contributed by atoms with van der Waals surface area (Å²) in [5.74, 6) is 0.406. The third kappa shape index (κ3) is 4.55. The number of carbonyl (C=O) groups is 1. The second kappa shape index (κ2) is 8.33. The number of carbonyl (C=O) groups excluding carboxylic acids is 1. The minimum absolute atomic E-state index is 0.117. The molecule has 0 bridgehead atoms. The van der Waals surface area contributed by atoms with Crippen LogP contribution in [0.15, 0.2) is 48.5 Å². The zero-order chi connectivity index (χ0) is 21.0. The number of fused-ring (bicyclic) bond motifs is 1. The van der Waals surface area contributed by atoms with Gasteiger partial charge in [-0.15, -0.1) is 0 Å². The molecular formula is C23H26N4O2. The highest BCUT2D eigenvalue weighted by atomic mass is 16.5. The molecule has 29 heavy (non-hydrogen) atoms. The van der Waals surface area contributed by atoms with Gasteiger partial charge in [0.25, 0.3) is 0 Å². The molecule has 1 heterocycles. The zero-order valence-electron chi connectivity index (χ0n) is 17.3. The summed E-state index contributed by atoms with van der Waals surface area (Å²) >= 11 is 0. The largest absolute Gasteiger partial charge is 0.497 e. The predicted octanol–water partition coefficient (Wildman–Crippen LogP) is 4.30. The molecule has 0 saturated carbocycles. The van der Waals surface area contributed by atoms with Crippen LogP contribution in [0.1, 0.15) is 37.6 Å². The van der Waals surface area contributed by atoms with Gasteiger partial charge in [-0.05, 0) is 23.8 Å². The molecule has 0 aliphatic heterocycles. The topological polar surface area (TPSA) is 81.7 Å². The second-order valence-corrected chi connectivity index (χ2v) is 8.06. The van der Waals surface area contributed by atoms with E-state index in [-0.39, 0.29) is 11.3 Å². The van der Waals surface area contributed by atoms with Gasteiger partial charge in [0, 0.05) is 40.7 Å². The van der Waals surface area contributed by atoms with Gasteiger partial charge >= 0.3 is 12.1 Å². The van der Waals surface area contributed by atoms with Crippen LogP contribution in [0.4, 0.5) is 0 Å². The van der Waals surface area contributed by atoms with Gasteiger partial charge in [-0.25, -0.2) is 0 Å². The maximum Gasteiger partial charge on any atom is 0.344 e. The van der Waals surface area contributed by atoms with Crippen LogP contribution in [0, 0.1) is 0 Å². The fourth-order valence-corrected chi connectivity index (χ4v) is 3.49. The molecule has 0 aliphatic rings. The summed E-state index contributed by atoms with van der Waals surface area (Å²) in [5.41, 5.74) is 12.9. The van der Waals surface area contributed by atoms with E-state index in [0.29, 0.717) is 13.1 Å². The Labute approximate surface area is 170 Å². The minimum Gasteiger partial charge on any atom is -0.497 e. The van der Waals surface area contributed by atoms with Gasteiger partial charge < -0.3 is 20.2 Å². The number of benzene rings is 2. The molecule has 2 aromatic carbocycles. The molecule has 0 radical (unpaired) electrons. The summed E-state index contributed by atoms with van der Waals surface area (Å²) in [6.07, 6.45) is 0.940. The summed E-state index contributed by atoms with van der Waals surface area (Å²) in [5, 5.41) is 1.09. The monoisotopic (exact) mass is 390 g/mol. The van der Waals surface area contributed by atoms with Crippen molar-refractivity contribution in [1.82, 2.24) is 9.88 Å². The van der Waals surface area contributed by atoms with Crippen molar-refractivity contribution < 1.29 is 14.3 Å². The van der Waals surface area contributed by atoms with Crippen molar-refractivity contribution >= 4 is 23.0 Å². The first-order valence-electron chi connectivity index (χ1n) is 9.53. The van der Waals surface area contributed by atoms with Crippen molar-refractivity contribution in [3.63, 3.8) is 0 Å². The Bertz CT molecular complexity index is 1050. The molecule has 0 fully saturated rings. The van der Waals surface area contributed by atoms with Gasteiger partial charge in [0.15, 0.2) is 0 Å². The molecule has 0 spiro atoms. The molecular weight excluding hydrogens is 364 g/mol. The number of aromatic amines is 1. The average Bonchev–Trinajstić information content (AvgIpc) is 3.07. The number of hydrogen-bond acceptors (Lipinski definition) is 2. The van der Waals surface area contributed by atoms with Crippen LogP contribution >= 0.6 is 0 Å². The lowest BCUT2D eigenvalue weighted by atomic mass is 9.88. The Kier molecular flexibility index (Phi) is 5.85. The number of nitrogens with zero attached hydrogens (tertiary/aromatic N) is 3. The van der Waals surface area contributed by atoms with E-state index < -0.39 is 0 Å². The number of para-hydroxylation sites is 1. The molecule has 1 aromatic heterocycles. The highest BCUT2D eigenvalue weighted by Gasteiger charge is 2.26. The summed E-state index contributed by atoms with van der Waals surface area (Å²) in [7, 11) is 1.62. The van der Waals surface area contributed by atoms with Crippen molar-refractivity contribution in [2.24, 2.45) is 0 Å². The number of H-pyrrole nitrogens is 1. The van der Waals surface area contributed by atoms with Crippen LogP contribution < -0.4 is 4.74 Å². The maximum absolute atomic E-state index is 12.7. The molecule has 150 valence electrons. The smallest absolute Gasteiger partial charge is 0.344 e. The summed E-state index contributed by atoms with van der Waals surface area (Å²) < 4.78 is 5.21. The summed E-state index contributed by atoms with van der Waals surface area (Å²) in [6.45, 7) is 7.22. The average molecular weight is 390 g/mol. The summed E-state index contributed by atoms with van der Waals surface area (Å²) in [4.78, 5) is 20.8. The molecule has 3 rings (SSSR count). The van der Waals surface area contributed by atoms with Crippen LogP contribution in [0.2, 0.25) is 0 Å². The standard InChI is InChI=1S/C23H26N4O2/c1-23(2,3)22-19(18-7-5-6-8-20(18)26-22)15-27(21(28)13-25-24)14-16-9-11-17(29-4)12-10-16/h5-13,26H,14-15H2,1-4H3. The molecule has 1 N–H and O–H groups in total. The van der Waals surface area contributed by atoms with Gasteiger partial charge in [-0.2, -0.15) is 4.79 Å². The van der Waals surface area contributed by atoms with Gasteiger partial charge in [-0.1, -0.05) is 51.1 Å². The van der Waals surface area contributed by atoms with E-state index in [1.54, 1.807) is 12.0 Å². The quantitative estimate of drug-likeness (QED) is 0.387. The Hall–Kier alpha value is -3.37. The van der Waals surface area contributed by atoms with Crippen LogP contribution in [0.5, 0.6) is 5.75 Å². The number of nitrogens with one attached hydrogen (secondary N) is 1. The summed E-state index contributed by atoms with van der Waals surface area (Å²) in [6, 6.07) is 15.7. The lowest BCUT2D eigenvalue weighted by Gasteiger charge is -2.24. The first-order chi connectivity index (χ1) is 13.8. The Morgan fingerprint density at radius 1 is 1.14 bits per heavy atom. The zero-order valence-corrected chi connectivity index (χ0v) is 17.3. The Balaban J connectivity index is 2.01. The number of hydrogen-bond donors (Lipinski definition) is 1. The SMILES string of the molecule is COc1ccc(CN(Cc2c(C(C)(C)C)[nH]c3ccccc23)C(=O)C=[N+]=[N-])cc1. The highest BCUT2D eigenvalue weighted by molar-refractivity contribution is 6.23. The highest BCUT2D eigenvalue weighted by Crippen LogP contribution is 2.32. The number of methoxy groups -OCH3 is 1. The van der Waals surface area contributed by atoms with Gasteiger partial charge in [0.2, 0.25) is 0 Å². The fraction of sp³-hybridized carbons (Fsp3) is 0.304. The lowest BCUT2D eigenvalue weighted by molar-refractivity contribution is -0.128. The molecule has 0 atom stereocenters. The van der Waals surface area contributed by atoms with Crippen LogP contribution in [-0.4, -0.2) is 33.9 Å². The van der Waals surface area contributed by atoms with Crippen LogP contribution in [0.3, 0.4) is 0 Å². The maximum atomic E-state index is 12.7. The van der Waals surface area contributed by atoms with E-state index in [1.807, 2.05) is 42.5 Å². The fourth-order valence-electron chi connectivity index (χ4n) is 3.49. The Morgan fingerprint density at radius 2 is 1.83 bits per heavy atom. The van der Waals surface area contributed by atoms with Crippen molar-refractivity contribution in [3.05, 3.63) is 70.9 Å². The van der Waals surface area contributed by atoms with E-state index >= 15 is 0 Å². The number of amides is 1. The molecule has 1 amide bonds. The van der Waals surface area contributed by atoms with Gasteiger partial charge in [-0.3, -0.25) is 4.79 Å². The van der Waals surface area contributed by atoms with E-state index in [4.69, 9.17) is 10.3 Å². The minimum atomic E-state index is -0.353. The Morgan fingerprint density at radius 3 is 2.45 bits per heavy atom. The molecule has 3 aromatic rings. The first-order valence-corrected chi connectivity index (χ1v) is 9.53. The van der Waals surface area contributed by atoms with Gasteiger partial charge in [0.05, 0.1) is 7.11 Å². The lowest BCUT2D eigenvalue weighted by Crippen LogP contribution is -2.32. The van der Waals surface area contributed by atoms with E-state index in [1.165, 1.54) is 0 Å². The van der Waals surface area contributed by atoms with E-state index in [0.717, 1.165) is 39.7 Å². The van der Waals surface area contributed by atoms with Gasteiger partial charge in [0.1, 0.15) is 5.75 Å². The number of aromatic nitrogens is 1. The van der Waals surface area contributed by atoms with E-state index in [9.17, 15) is 4.79 Å². The normalized spacial score (nSPS) is 11.2. The van der Waals surface area contributed by atoms with Crippen LogP contribution in [-0.2, 0) is 23.3 Å². The number of ether oxygens (including phenoxy) is 1.